The molecule has 0 atom stereocenters. The number of thiophene rings is 1. The van der Waals surface area contributed by atoms with Crippen LogP contribution in [-0.2, 0) is 0 Å². The monoisotopic (exact) mass is 349 g/mol. The fourth-order valence-corrected chi connectivity index (χ4v) is 4.16. The molecular formula is C15H12BrNS2. The van der Waals surface area contributed by atoms with Crippen LogP contribution in [0.2, 0.25) is 0 Å². The first-order valence-electron chi connectivity index (χ1n) is 5.91. The van der Waals surface area contributed by atoms with Crippen molar-refractivity contribution in [2.45, 2.75) is 13.8 Å². The second-order valence-corrected chi connectivity index (χ2v) is 7.26. The van der Waals surface area contributed by atoms with E-state index in [9.17, 15) is 0 Å². The molecule has 3 aromatic rings. The zero-order valence-corrected chi connectivity index (χ0v) is 13.8. The number of aryl methyl sites for hydroxylation is 2. The normalized spacial score (nSPS) is 10.9. The first kappa shape index (κ1) is 13.0. The molecule has 0 aliphatic heterocycles. The zero-order valence-electron chi connectivity index (χ0n) is 10.6. The third-order valence-corrected chi connectivity index (χ3v) is 5.39. The average Bonchev–Trinajstić information content (AvgIpc) is 2.96. The van der Waals surface area contributed by atoms with E-state index in [1.165, 1.54) is 21.6 Å². The number of aromatic nitrogens is 1. The molecule has 1 aromatic carbocycles. The van der Waals surface area contributed by atoms with Gasteiger partial charge in [-0.25, -0.2) is 4.98 Å². The van der Waals surface area contributed by atoms with Crippen LogP contribution in [0.25, 0.3) is 21.8 Å². The van der Waals surface area contributed by atoms with Crippen LogP contribution in [0.5, 0.6) is 0 Å². The van der Waals surface area contributed by atoms with E-state index in [0.717, 1.165) is 15.2 Å². The summed E-state index contributed by atoms with van der Waals surface area (Å²) in [6.45, 7) is 4.28. The van der Waals surface area contributed by atoms with Gasteiger partial charge >= 0.3 is 0 Å². The highest BCUT2D eigenvalue weighted by Crippen LogP contribution is 2.36. The smallest absolute Gasteiger partial charge is 0.125 e. The summed E-state index contributed by atoms with van der Waals surface area (Å²) in [4.78, 5) is 6.09. The minimum Gasteiger partial charge on any atom is -0.236 e. The summed E-state index contributed by atoms with van der Waals surface area (Å²) in [6, 6.07) is 8.33. The van der Waals surface area contributed by atoms with Crippen LogP contribution < -0.4 is 0 Å². The quantitative estimate of drug-likeness (QED) is 0.559. The van der Waals surface area contributed by atoms with E-state index < -0.39 is 0 Å². The second kappa shape index (κ2) is 5.19. The number of hydrogen-bond acceptors (Lipinski definition) is 3. The second-order valence-electron chi connectivity index (χ2n) is 4.40. The van der Waals surface area contributed by atoms with Crippen LogP contribution in [0, 0.1) is 13.8 Å². The van der Waals surface area contributed by atoms with E-state index in [1.54, 1.807) is 22.7 Å². The first-order chi connectivity index (χ1) is 9.15. The van der Waals surface area contributed by atoms with E-state index in [1.807, 2.05) is 0 Å². The SMILES string of the molecule is Cc1cscc1-c1nc(-c2ccc(Br)cc2)c(C)s1. The standard InChI is InChI=1S/C15H12BrNS2/c1-9-7-18-8-13(9)15-17-14(10(2)19-15)11-3-5-12(16)6-4-11/h3-8H,1-2H3. The topological polar surface area (TPSA) is 12.9 Å². The van der Waals surface area contributed by atoms with Crippen molar-refractivity contribution >= 4 is 38.6 Å². The number of thiazole rings is 1. The Kier molecular flexibility index (Phi) is 3.56. The van der Waals surface area contributed by atoms with Crippen LogP contribution in [0.4, 0.5) is 0 Å². The molecule has 0 amide bonds. The van der Waals surface area contributed by atoms with Crippen molar-refractivity contribution in [1.29, 1.82) is 0 Å². The van der Waals surface area contributed by atoms with Gasteiger partial charge in [0.15, 0.2) is 0 Å². The van der Waals surface area contributed by atoms with Crippen LogP contribution in [0.3, 0.4) is 0 Å². The maximum atomic E-state index is 4.82. The number of nitrogens with zero attached hydrogens (tertiary/aromatic N) is 1. The van der Waals surface area contributed by atoms with Gasteiger partial charge in [0, 0.05) is 25.9 Å². The molecule has 0 spiro atoms. The number of benzene rings is 1. The first-order valence-corrected chi connectivity index (χ1v) is 8.47. The zero-order chi connectivity index (χ0) is 13.4. The number of hydrogen-bond donors (Lipinski definition) is 0. The van der Waals surface area contributed by atoms with Gasteiger partial charge in [0.25, 0.3) is 0 Å². The van der Waals surface area contributed by atoms with E-state index in [2.05, 4.69) is 64.8 Å². The molecule has 0 saturated heterocycles. The van der Waals surface area contributed by atoms with E-state index in [-0.39, 0.29) is 0 Å². The Morgan fingerprint density at radius 3 is 2.42 bits per heavy atom. The Bertz CT molecular complexity index is 710. The van der Waals surface area contributed by atoms with Crippen molar-refractivity contribution in [3.05, 3.63) is 49.9 Å². The summed E-state index contributed by atoms with van der Waals surface area (Å²) in [5.74, 6) is 0. The van der Waals surface area contributed by atoms with Gasteiger partial charge in [0.1, 0.15) is 5.01 Å². The molecule has 2 heterocycles. The van der Waals surface area contributed by atoms with Crippen molar-refractivity contribution < 1.29 is 0 Å². The molecule has 96 valence electrons. The van der Waals surface area contributed by atoms with E-state index in [0.29, 0.717) is 0 Å². The van der Waals surface area contributed by atoms with Crippen molar-refractivity contribution in [3.8, 4) is 21.8 Å². The Labute approximate surface area is 129 Å². The molecule has 2 aromatic heterocycles. The molecule has 0 saturated carbocycles. The summed E-state index contributed by atoms with van der Waals surface area (Å²) in [5, 5.41) is 5.47. The van der Waals surface area contributed by atoms with Gasteiger partial charge < -0.3 is 0 Å². The Morgan fingerprint density at radius 2 is 1.79 bits per heavy atom. The van der Waals surface area contributed by atoms with E-state index in [4.69, 9.17) is 4.98 Å². The summed E-state index contributed by atoms with van der Waals surface area (Å²) in [7, 11) is 0. The number of rotatable bonds is 2. The lowest BCUT2D eigenvalue weighted by atomic mass is 10.1. The summed E-state index contributed by atoms with van der Waals surface area (Å²) >= 11 is 6.97. The van der Waals surface area contributed by atoms with Crippen molar-refractivity contribution in [2.24, 2.45) is 0 Å². The Hall–Kier alpha value is -0.970. The largest absolute Gasteiger partial charge is 0.236 e. The molecule has 0 fully saturated rings. The molecule has 0 aliphatic rings. The van der Waals surface area contributed by atoms with Crippen LogP contribution in [0.15, 0.2) is 39.5 Å². The molecule has 4 heteroatoms. The molecule has 0 radical (unpaired) electrons. The lowest BCUT2D eigenvalue weighted by Crippen LogP contribution is -1.81. The summed E-state index contributed by atoms with van der Waals surface area (Å²) in [5.41, 5.74) is 4.84. The van der Waals surface area contributed by atoms with Crippen molar-refractivity contribution in [3.63, 3.8) is 0 Å². The highest BCUT2D eigenvalue weighted by atomic mass is 79.9. The fraction of sp³-hybridized carbons (Fsp3) is 0.133. The summed E-state index contributed by atoms with van der Waals surface area (Å²) < 4.78 is 1.10. The molecule has 0 aliphatic carbocycles. The molecular weight excluding hydrogens is 338 g/mol. The highest BCUT2D eigenvalue weighted by Gasteiger charge is 2.13. The average molecular weight is 350 g/mol. The lowest BCUT2D eigenvalue weighted by molar-refractivity contribution is 1.36. The molecule has 0 unspecified atom stereocenters. The van der Waals surface area contributed by atoms with Crippen LogP contribution in [0.1, 0.15) is 10.4 Å². The van der Waals surface area contributed by atoms with Gasteiger partial charge in [-0.1, -0.05) is 28.1 Å². The highest BCUT2D eigenvalue weighted by molar-refractivity contribution is 9.10. The fourth-order valence-electron chi connectivity index (χ4n) is 1.97. The minimum atomic E-state index is 1.10. The van der Waals surface area contributed by atoms with Gasteiger partial charge in [0.05, 0.1) is 5.69 Å². The van der Waals surface area contributed by atoms with Crippen molar-refractivity contribution in [2.75, 3.05) is 0 Å². The molecule has 0 bridgehead atoms. The van der Waals surface area contributed by atoms with E-state index >= 15 is 0 Å². The molecule has 0 N–H and O–H groups in total. The minimum absolute atomic E-state index is 1.10. The third kappa shape index (κ3) is 2.53. The molecule has 19 heavy (non-hydrogen) atoms. The summed E-state index contributed by atoms with van der Waals surface area (Å²) in [6.07, 6.45) is 0. The maximum Gasteiger partial charge on any atom is 0.125 e. The molecule has 3 rings (SSSR count). The Balaban J connectivity index is 2.07. The van der Waals surface area contributed by atoms with Gasteiger partial charge in [-0.15, -0.1) is 11.3 Å². The third-order valence-electron chi connectivity index (χ3n) is 3.00. The van der Waals surface area contributed by atoms with Crippen molar-refractivity contribution in [1.82, 2.24) is 4.98 Å². The van der Waals surface area contributed by atoms with Gasteiger partial charge in [-0.3, -0.25) is 0 Å². The number of halogens is 1. The van der Waals surface area contributed by atoms with Gasteiger partial charge in [0.2, 0.25) is 0 Å². The van der Waals surface area contributed by atoms with Crippen LogP contribution >= 0.6 is 38.6 Å². The van der Waals surface area contributed by atoms with Gasteiger partial charge in [-0.05, 0) is 36.9 Å². The van der Waals surface area contributed by atoms with Crippen LogP contribution in [-0.4, -0.2) is 4.98 Å². The predicted octanol–water partition coefficient (Wildman–Crippen LogP) is 5.92. The molecule has 1 nitrogen and oxygen atoms in total. The predicted molar refractivity (Wildman–Crippen MR) is 88.0 cm³/mol. The van der Waals surface area contributed by atoms with Gasteiger partial charge in [-0.2, -0.15) is 11.3 Å². The Morgan fingerprint density at radius 1 is 1.05 bits per heavy atom. The lowest BCUT2D eigenvalue weighted by Gasteiger charge is -1.98. The maximum absolute atomic E-state index is 4.82.